The number of halogens is 3. The normalized spacial score (nSPS) is 27.6. The summed E-state index contributed by atoms with van der Waals surface area (Å²) in [4.78, 5) is 31.5. The number of benzene rings is 4. The minimum absolute atomic E-state index is 0.0749. The van der Waals surface area contributed by atoms with Gasteiger partial charge >= 0.3 is 5.97 Å². The Kier molecular flexibility index (Phi) is 7.31. The Morgan fingerprint density at radius 1 is 0.867 bits per heavy atom. The molecule has 0 saturated carbocycles. The maximum atomic E-state index is 16.3. The number of carbonyl (C=O) groups is 2. The van der Waals surface area contributed by atoms with Gasteiger partial charge in [0.25, 0.3) is 0 Å². The number of ether oxygens (including phenoxy) is 1. The maximum Gasteiger partial charge on any atom is 0.324 e. The van der Waals surface area contributed by atoms with Gasteiger partial charge in [0, 0.05) is 22.7 Å². The number of morpholine rings is 1. The van der Waals surface area contributed by atoms with Gasteiger partial charge in [-0.2, -0.15) is 0 Å². The van der Waals surface area contributed by atoms with Crippen molar-refractivity contribution in [2.45, 2.75) is 62.8 Å². The number of esters is 1. The summed E-state index contributed by atoms with van der Waals surface area (Å²) < 4.78 is 22.7. The Hall–Kier alpha value is -3.71. The summed E-state index contributed by atoms with van der Waals surface area (Å²) in [5.41, 5.74) is 1.55. The molecule has 0 unspecified atom stereocenters. The van der Waals surface area contributed by atoms with Crippen LogP contribution in [-0.4, -0.2) is 28.9 Å². The summed E-state index contributed by atoms with van der Waals surface area (Å²) in [7, 11) is 0. The number of nitrogens with zero attached hydrogens (tertiary/aromatic N) is 1. The van der Waals surface area contributed by atoms with Gasteiger partial charge < -0.3 is 10.1 Å². The quantitative estimate of drug-likeness (QED) is 0.226. The topological polar surface area (TPSA) is 58.6 Å². The van der Waals surface area contributed by atoms with Crippen LogP contribution in [0.3, 0.4) is 0 Å². The molecule has 1 amide bonds. The zero-order valence-corrected chi connectivity index (χ0v) is 26.6. The van der Waals surface area contributed by atoms with Crippen LogP contribution in [0.4, 0.5) is 10.1 Å². The number of hydrogen-bond acceptors (Lipinski definition) is 4. The average Bonchev–Trinajstić information content (AvgIpc) is 3.46. The molecule has 1 N–H and O–H groups in total. The molecule has 0 aliphatic carbocycles. The molecule has 7 rings (SSSR count). The summed E-state index contributed by atoms with van der Waals surface area (Å²) >= 11 is 12.8. The largest absolute Gasteiger partial charge is 0.454 e. The van der Waals surface area contributed by atoms with Gasteiger partial charge in [0.15, 0.2) is 0 Å². The van der Waals surface area contributed by atoms with Gasteiger partial charge in [0.1, 0.15) is 23.4 Å². The highest BCUT2D eigenvalue weighted by atomic mass is 35.5. The molecular weight excluding hydrogens is 610 g/mol. The zero-order chi connectivity index (χ0) is 31.7. The highest BCUT2D eigenvalue weighted by molar-refractivity contribution is 6.31. The van der Waals surface area contributed by atoms with Crippen LogP contribution in [0.25, 0.3) is 0 Å². The van der Waals surface area contributed by atoms with E-state index in [9.17, 15) is 9.59 Å². The lowest BCUT2D eigenvalue weighted by Gasteiger charge is -2.47. The number of nitrogens with one attached hydrogen (secondary N) is 1. The first-order valence-electron chi connectivity index (χ1n) is 15.2. The minimum Gasteiger partial charge on any atom is -0.454 e. The Labute approximate surface area is 272 Å². The van der Waals surface area contributed by atoms with Gasteiger partial charge in [0.2, 0.25) is 5.91 Å². The second-order valence-corrected chi connectivity index (χ2v) is 14.3. The lowest BCUT2D eigenvalue weighted by Crippen LogP contribution is -2.54. The van der Waals surface area contributed by atoms with Crippen molar-refractivity contribution in [3.05, 3.63) is 135 Å². The third kappa shape index (κ3) is 4.68. The van der Waals surface area contributed by atoms with E-state index in [1.807, 2.05) is 66.7 Å². The molecule has 45 heavy (non-hydrogen) atoms. The molecule has 3 aliphatic heterocycles. The molecule has 230 valence electrons. The zero-order valence-electron chi connectivity index (χ0n) is 25.1. The van der Waals surface area contributed by atoms with Crippen LogP contribution in [0.2, 0.25) is 10.0 Å². The number of cyclic esters (lactones) is 1. The first kappa shape index (κ1) is 30.0. The van der Waals surface area contributed by atoms with E-state index in [0.717, 1.165) is 11.1 Å². The van der Waals surface area contributed by atoms with Crippen molar-refractivity contribution in [3.8, 4) is 0 Å². The van der Waals surface area contributed by atoms with Crippen molar-refractivity contribution >= 4 is 40.8 Å². The number of hydrogen-bond donors (Lipinski definition) is 1. The van der Waals surface area contributed by atoms with Crippen LogP contribution in [-0.2, 0) is 19.7 Å². The summed E-state index contributed by atoms with van der Waals surface area (Å²) in [6.45, 7) is 6.35. The van der Waals surface area contributed by atoms with Gasteiger partial charge in [-0.05, 0) is 52.3 Å². The van der Waals surface area contributed by atoms with Crippen molar-refractivity contribution in [2.24, 2.45) is 5.41 Å². The first-order valence-corrected chi connectivity index (χ1v) is 15.9. The van der Waals surface area contributed by atoms with E-state index in [1.165, 1.54) is 6.07 Å². The monoisotopic (exact) mass is 642 g/mol. The molecule has 4 aromatic rings. The van der Waals surface area contributed by atoms with Gasteiger partial charge in [-0.15, -0.1) is 0 Å². The van der Waals surface area contributed by atoms with E-state index in [0.29, 0.717) is 22.7 Å². The molecule has 5 nitrogen and oxygen atoms in total. The summed E-state index contributed by atoms with van der Waals surface area (Å²) in [5.74, 6) is -2.42. The Morgan fingerprint density at radius 2 is 1.53 bits per heavy atom. The Bertz CT molecular complexity index is 1790. The minimum atomic E-state index is -1.37. The van der Waals surface area contributed by atoms with E-state index >= 15 is 4.39 Å². The van der Waals surface area contributed by atoms with Crippen LogP contribution in [0.5, 0.6) is 0 Å². The fourth-order valence-corrected chi connectivity index (χ4v) is 8.33. The average molecular weight is 644 g/mol. The van der Waals surface area contributed by atoms with E-state index in [-0.39, 0.29) is 21.9 Å². The molecular formula is C37H33Cl2FN2O3. The fourth-order valence-electron chi connectivity index (χ4n) is 7.98. The van der Waals surface area contributed by atoms with Gasteiger partial charge in [-0.1, -0.05) is 123 Å². The smallest absolute Gasteiger partial charge is 0.324 e. The van der Waals surface area contributed by atoms with Crippen molar-refractivity contribution in [1.82, 2.24) is 4.90 Å². The van der Waals surface area contributed by atoms with Crippen LogP contribution < -0.4 is 5.32 Å². The first-order chi connectivity index (χ1) is 21.5. The number of rotatable bonds is 4. The Morgan fingerprint density at radius 3 is 2.20 bits per heavy atom. The summed E-state index contributed by atoms with van der Waals surface area (Å²) in [5, 5.41) is 3.47. The molecule has 3 heterocycles. The van der Waals surface area contributed by atoms with Crippen LogP contribution in [0.1, 0.15) is 67.5 Å². The van der Waals surface area contributed by atoms with Crippen molar-refractivity contribution < 1.29 is 18.7 Å². The molecule has 2 fully saturated rings. The van der Waals surface area contributed by atoms with Gasteiger partial charge in [-0.25, -0.2) is 4.39 Å². The molecule has 1 spiro atoms. The van der Waals surface area contributed by atoms with Crippen LogP contribution >= 0.6 is 23.2 Å². The van der Waals surface area contributed by atoms with Crippen LogP contribution in [0.15, 0.2) is 97.1 Å². The molecule has 0 radical (unpaired) electrons. The van der Waals surface area contributed by atoms with Crippen molar-refractivity contribution in [3.63, 3.8) is 0 Å². The number of fused-ring (bicyclic) bond motifs is 3. The molecule has 0 aromatic heterocycles. The highest BCUT2D eigenvalue weighted by Crippen LogP contribution is 2.64. The van der Waals surface area contributed by atoms with Crippen LogP contribution in [0, 0.1) is 11.2 Å². The standard InChI is InChI=1S/C37H33Cl2FN2O3/c1-36(2,3)20-28-37(25-18-17-23(38)19-27(25)41-35(37)44)29(24-15-10-16-26(39)30(24)40)32-34(43)45-33(22-13-8-5-9-14-22)31(42(28)32)21-11-6-4-7-12-21/h4-19,28-29,31-33H,20H2,1-3H3,(H,41,44)/t28-,29+,31-,32+,33-,37-/m0/s1. The summed E-state index contributed by atoms with van der Waals surface area (Å²) in [6, 6.07) is 27.7. The molecule has 4 aromatic carbocycles. The van der Waals surface area contributed by atoms with E-state index < -0.39 is 47.3 Å². The fraction of sp³-hybridized carbons (Fsp3) is 0.297. The maximum absolute atomic E-state index is 16.3. The Balaban J connectivity index is 1.58. The molecule has 2 saturated heterocycles. The van der Waals surface area contributed by atoms with E-state index in [2.05, 4.69) is 31.0 Å². The lowest BCUT2D eigenvalue weighted by atomic mass is 9.62. The number of carbonyl (C=O) groups excluding carboxylic acids is 2. The predicted octanol–water partition coefficient (Wildman–Crippen LogP) is 8.63. The molecule has 6 atom stereocenters. The lowest BCUT2D eigenvalue weighted by molar-refractivity contribution is -0.176. The van der Waals surface area contributed by atoms with Gasteiger partial charge in [-0.3, -0.25) is 14.5 Å². The van der Waals surface area contributed by atoms with E-state index in [1.54, 1.807) is 24.3 Å². The third-order valence-electron chi connectivity index (χ3n) is 9.55. The molecule has 8 heteroatoms. The number of anilines is 1. The number of amides is 1. The highest BCUT2D eigenvalue weighted by Gasteiger charge is 2.72. The van der Waals surface area contributed by atoms with E-state index in [4.69, 9.17) is 27.9 Å². The third-order valence-corrected chi connectivity index (χ3v) is 10.1. The van der Waals surface area contributed by atoms with Crippen molar-refractivity contribution in [1.29, 1.82) is 0 Å². The second kappa shape index (κ2) is 11.0. The van der Waals surface area contributed by atoms with Gasteiger partial charge in [0.05, 0.1) is 11.1 Å². The SMILES string of the molecule is CC(C)(C)C[C@@H]1N2[C@@H](C(=O)O[C@@H](c3ccccc3)[C@@H]2c2ccccc2)[C@@H](c2cccc(Cl)c2F)[C@@]12C(=O)Nc1cc(Cl)ccc12. The van der Waals surface area contributed by atoms with Crippen molar-refractivity contribution in [2.75, 3.05) is 5.32 Å². The molecule has 3 aliphatic rings. The second-order valence-electron chi connectivity index (χ2n) is 13.4. The predicted molar refractivity (Wildman–Crippen MR) is 174 cm³/mol. The molecule has 0 bridgehead atoms. The summed E-state index contributed by atoms with van der Waals surface area (Å²) in [6.07, 6.45) is -0.149.